The fourth-order valence-electron chi connectivity index (χ4n) is 5.60. The Kier molecular flexibility index (Phi) is 5.48. The third-order valence-electron chi connectivity index (χ3n) is 7.87. The summed E-state index contributed by atoms with van der Waals surface area (Å²) in [6.45, 7) is 6.20. The topological polar surface area (TPSA) is 87.3 Å². The first-order valence-corrected chi connectivity index (χ1v) is 13.2. The lowest BCUT2D eigenvalue weighted by molar-refractivity contribution is -0.123. The Morgan fingerprint density at radius 1 is 1.15 bits per heavy atom. The molecule has 1 atom stereocenters. The van der Waals surface area contributed by atoms with Crippen molar-refractivity contribution in [3.63, 3.8) is 0 Å². The molecule has 9 heteroatoms. The first-order chi connectivity index (χ1) is 16.0. The molecule has 1 saturated heterocycles. The maximum absolute atomic E-state index is 14.3. The van der Waals surface area contributed by atoms with Crippen LogP contribution in [0.5, 0.6) is 0 Å². The smallest absolute Gasteiger partial charge is 0.264 e. The molecule has 0 bridgehead atoms. The lowest BCUT2D eigenvalue weighted by Gasteiger charge is -2.40. The molecule has 5 rings (SSSR count). The Balaban J connectivity index is 1.56. The van der Waals surface area contributed by atoms with E-state index in [0.29, 0.717) is 31.2 Å². The van der Waals surface area contributed by atoms with Crippen LogP contribution in [-0.2, 0) is 26.7 Å². The molecule has 182 valence electrons. The van der Waals surface area contributed by atoms with E-state index in [4.69, 9.17) is 0 Å². The van der Waals surface area contributed by atoms with Gasteiger partial charge in [0.1, 0.15) is 16.5 Å². The third-order valence-corrected chi connectivity index (χ3v) is 9.29. The van der Waals surface area contributed by atoms with Gasteiger partial charge in [0.05, 0.1) is 5.41 Å². The van der Waals surface area contributed by atoms with Crippen LogP contribution in [0.4, 0.5) is 20.2 Å². The number of carbonyl (C=O) groups excluding carboxylic acids is 1. The fraction of sp³-hybridized carbons (Fsp3) is 0.480. The van der Waals surface area contributed by atoms with Crippen LogP contribution >= 0.6 is 0 Å². The van der Waals surface area contributed by atoms with Crippen LogP contribution in [0.3, 0.4) is 0 Å². The number of nitrogens with one attached hydrogen (secondary N) is 3. The summed E-state index contributed by atoms with van der Waals surface area (Å²) in [5.41, 5.74) is 2.17. The maximum Gasteiger partial charge on any atom is 0.264 e. The number of sulfonamides is 1. The highest BCUT2D eigenvalue weighted by Gasteiger charge is 2.52. The van der Waals surface area contributed by atoms with Gasteiger partial charge in [0.15, 0.2) is 0 Å². The second-order valence-corrected chi connectivity index (χ2v) is 12.1. The Labute approximate surface area is 198 Å². The molecule has 3 N–H and O–H groups in total. The van der Waals surface area contributed by atoms with Gasteiger partial charge in [-0.15, -0.1) is 0 Å². The maximum atomic E-state index is 14.3. The number of rotatable bonds is 5. The number of carbonyl (C=O) groups is 1. The summed E-state index contributed by atoms with van der Waals surface area (Å²) in [6, 6.07) is 5.82. The van der Waals surface area contributed by atoms with Crippen LogP contribution < -0.4 is 15.4 Å². The summed E-state index contributed by atoms with van der Waals surface area (Å²) in [5.74, 6) is -1.70. The molecule has 2 fully saturated rings. The van der Waals surface area contributed by atoms with Gasteiger partial charge in [0, 0.05) is 24.0 Å². The van der Waals surface area contributed by atoms with Crippen LogP contribution in [0.2, 0.25) is 0 Å². The minimum Gasteiger partial charge on any atom is -0.325 e. The molecule has 0 radical (unpaired) electrons. The minimum absolute atomic E-state index is 0.0364. The number of halogens is 2. The molecule has 3 aliphatic rings. The van der Waals surface area contributed by atoms with Crippen molar-refractivity contribution in [2.45, 2.75) is 56.3 Å². The Morgan fingerprint density at radius 3 is 2.56 bits per heavy atom. The van der Waals surface area contributed by atoms with Gasteiger partial charge in [-0.3, -0.25) is 9.52 Å². The van der Waals surface area contributed by atoms with E-state index in [9.17, 15) is 22.0 Å². The van der Waals surface area contributed by atoms with E-state index in [-0.39, 0.29) is 17.0 Å². The Hall–Kier alpha value is -2.52. The molecule has 6 nitrogen and oxygen atoms in total. The SMILES string of the molecule is CC1(C)CNCCC1Cc1cc(NS(=O)(=O)c2ccc(F)cc2F)cc2c1NC(=O)C21CCC1. The second-order valence-electron chi connectivity index (χ2n) is 10.5. The molecule has 1 aliphatic carbocycles. The summed E-state index contributed by atoms with van der Waals surface area (Å²) in [7, 11) is -4.30. The van der Waals surface area contributed by atoms with Crippen LogP contribution in [0.25, 0.3) is 0 Å². The van der Waals surface area contributed by atoms with Crippen molar-refractivity contribution >= 4 is 27.3 Å². The quantitative estimate of drug-likeness (QED) is 0.584. The zero-order chi connectivity index (χ0) is 24.3. The molecule has 0 aromatic heterocycles. The fourth-order valence-corrected chi connectivity index (χ4v) is 6.70. The van der Waals surface area contributed by atoms with Gasteiger partial charge in [0.25, 0.3) is 10.0 Å². The summed E-state index contributed by atoms with van der Waals surface area (Å²) in [6.07, 6.45) is 4.02. The highest BCUT2D eigenvalue weighted by Crippen LogP contribution is 2.53. The normalized spacial score (nSPS) is 22.7. The number of hydrogen-bond acceptors (Lipinski definition) is 4. The van der Waals surface area contributed by atoms with Crippen molar-refractivity contribution in [3.05, 3.63) is 53.1 Å². The average Bonchev–Trinajstić information content (AvgIpc) is 3.01. The number of benzene rings is 2. The van der Waals surface area contributed by atoms with E-state index >= 15 is 0 Å². The molecular formula is C25H29F2N3O3S. The molecule has 2 aromatic carbocycles. The van der Waals surface area contributed by atoms with Crippen LogP contribution in [0.15, 0.2) is 35.2 Å². The van der Waals surface area contributed by atoms with Crippen molar-refractivity contribution in [1.82, 2.24) is 5.32 Å². The Morgan fingerprint density at radius 2 is 1.91 bits per heavy atom. The molecule has 1 amide bonds. The standard InChI is InChI=1S/C25H29F2N3O3S/c1-24(2)14-28-9-6-16(24)10-15-11-18(13-19-22(15)29-23(31)25(19)7-3-8-25)30-34(32,33)21-5-4-17(26)12-20(21)27/h4-5,11-13,16,28,30H,3,6-10,14H2,1-2H3,(H,29,31). The van der Waals surface area contributed by atoms with Gasteiger partial charge in [-0.2, -0.15) is 0 Å². The van der Waals surface area contributed by atoms with Crippen molar-refractivity contribution in [2.24, 2.45) is 11.3 Å². The molecule has 1 unspecified atom stereocenters. The van der Waals surface area contributed by atoms with E-state index in [0.717, 1.165) is 54.9 Å². The zero-order valence-corrected chi connectivity index (χ0v) is 20.1. The van der Waals surface area contributed by atoms with Crippen LogP contribution in [0.1, 0.15) is 50.7 Å². The monoisotopic (exact) mass is 489 g/mol. The number of piperidine rings is 1. The van der Waals surface area contributed by atoms with Gasteiger partial charge >= 0.3 is 0 Å². The second kappa shape index (κ2) is 8.02. The molecular weight excluding hydrogens is 460 g/mol. The van der Waals surface area contributed by atoms with Gasteiger partial charge < -0.3 is 10.6 Å². The Bertz CT molecular complexity index is 1270. The summed E-state index contributed by atoms with van der Waals surface area (Å²) in [4.78, 5) is 12.3. The van der Waals surface area contributed by atoms with Crippen molar-refractivity contribution < 1.29 is 22.0 Å². The number of fused-ring (bicyclic) bond motifs is 2. The van der Waals surface area contributed by atoms with Crippen molar-refractivity contribution in [3.8, 4) is 0 Å². The van der Waals surface area contributed by atoms with Crippen molar-refractivity contribution in [1.29, 1.82) is 0 Å². The molecule has 34 heavy (non-hydrogen) atoms. The molecule has 2 aromatic rings. The third kappa shape index (κ3) is 3.79. The van der Waals surface area contributed by atoms with E-state index < -0.39 is 32.0 Å². The molecule has 1 saturated carbocycles. The van der Waals surface area contributed by atoms with Crippen LogP contribution in [0, 0.1) is 23.0 Å². The predicted molar refractivity (Wildman–Crippen MR) is 126 cm³/mol. The van der Waals surface area contributed by atoms with Gasteiger partial charge in [-0.1, -0.05) is 20.3 Å². The molecule has 2 heterocycles. The average molecular weight is 490 g/mol. The minimum atomic E-state index is -4.30. The molecule has 1 spiro atoms. The van der Waals surface area contributed by atoms with Gasteiger partial charge in [-0.25, -0.2) is 17.2 Å². The first-order valence-electron chi connectivity index (χ1n) is 11.7. The highest BCUT2D eigenvalue weighted by atomic mass is 32.2. The number of hydrogen-bond donors (Lipinski definition) is 3. The summed E-state index contributed by atoms with van der Waals surface area (Å²) >= 11 is 0. The van der Waals surface area contributed by atoms with Crippen molar-refractivity contribution in [2.75, 3.05) is 23.1 Å². The highest BCUT2D eigenvalue weighted by molar-refractivity contribution is 7.92. The van der Waals surface area contributed by atoms with Crippen LogP contribution in [-0.4, -0.2) is 27.4 Å². The van der Waals surface area contributed by atoms with E-state index in [1.807, 2.05) is 0 Å². The van der Waals surface area contributed by atoms with E-state index in [1.165, 1.54) is 0 Å². The first kappa shape index (κ1) is 23.2. The van der Waals surface area contributed by atoms with E-state index in [1.54, 1.807) is 12.1 Å². The lowest BCUT2D eigenvalue weighted by atomic mass is 9.64. The van der Waals surface area contributed by atoms with Gasteiger partial charge in [0.2, 0.25) is 5.91 Å². The largest absolute Gasteiger partial charge is 0.325 e. The predicted octanol–water partition coefficient (Wildman–Crippen LogP) is 4.32. The summed E-state index contributed by atoms with van der Waals surface area (Å²) < 4.78 is 56.0. The summed E-state index contributed by atoms with van der Waals surface area (Å²) in [5, 5.41) is 6.51. The van der Waals surface area contributed by atoms with Gasteiger partial charge in [-0.05, 0) is 79.0 Å². The lowest BCUT2D eigenvalue weighted by Crippen LogP contribution is -2.43. The van der Waals surface area contributed by atoms with E-state index in [2.05, 4.69) is 29.2 Å². The zero-order valence-electron chi connectivity index (χ0n) is 19.3. The number of amides is 1. The number of anilines is 2. The molecule has 2 aliphatic heterocycles.